The van der Waals surface area contributed by atoms with E-state index < -0.39 is 5.97 Å². The van der Waals surface area contributed by atoms with Gasteiger partial charge in [0.25, 0.3) is 5.89 Å². The number of nitrogens with zero attached hydrogens (tertiary/aromatic N) is 5. The van der Waals surface area contributed by atoms with Gasteiger partial charge in [0.05, 0.1) is 19.0 Å². The Balaban J connectivity index is 1.48. The van der Waals surface area contributed by atoms with E-state index in [0.717, 1.165) is 11.3 Å². The van der Waals surface area contributed by atoms with Crippen molar-refractivity contribution in [3.8, 4) is 23.0 Å². The molecule has 1 aromatic carbocycles. The predicted molar refractivity (Wildman–Crippen MR) is 111 cm³/mol. The molecule has 3 heterocycles. The minimum Gasteiger partial charge on any atom is -0.497 e. The highest BCUT2D eigenvalue weighted by Crippen LogP contribution is 2.24. The van der Waals surface area contributed by atoms with E-state index in [0.29, 0.717) is 22.9 Å². The summed E-state index contributed by atoms with van der Waals surface area (Å²) >= 11 is 0. The van der Waals surface area contributed by atoms with Crippen LogP contribution in [-0.4, -0.2) is 38.0 Å². The highest BCUT2D eigenvalue weighted by atomic mass is 16.6. The minimum atomic E-state index is -0.518. The van der Waals surface area contributed by atoms with Gasteiger partial charge in [-0.15, -0.1) is 0 Å². The molecule has 0 fully saturated rings. The van der Waals surface area contributed by atoms with Crippen LogP contribution < -0.4 is 4.74 Å². The molecule has 0 aliphatic heterocycles. The van der Waals surface area contributed by atoms with Gasteiger partial charge in [-0.05, 0) is 42.3 Å². The Bertz CT molecular complexity index is 1170. The van der Waals surface area contributed by atoms with E-state index in [1.165, 1.54) is 6.20 Å². The standard InChI is InChI=1S/C22H21N5O4/c1-14(2)20-17(12-24-27(20)18-6-4-5-11-23-18)22(28)30-13-19-25-21(26-31-19)15-7-9-16(29-3)10-8-15/h4-12,14H,13H2,1-3H3. The molecule has 0 atom stereocenters. The molecule has 0 bridgehead atoms. The molecule has 0 saturated carbocycles. The molecular weight excluding hydrogens is 398 g/mol. The van der Waals surface area contributed by atoms with Crippen molar-refractivity contribution in [3.05, 3.63) is 72.0 Å². The number of carbonyl (C=O) groups is 1. The summed E-state index contributed by atoms with van der Waals surface area (Å²) in [7, 11) is 1.60. The average Bonchev–Trinajstić information content (AvgIpc) is 3.46. The third-order valence-electron chi connectivity index (χ3n) is 4.58. The first-order chi connectivity index (χ1) is 15.1. The number of ether oxygens (including phenoxy) is 2. The first-order valence-corrected chi connectivity index (χ1v) is 9.70. The van der Waals surface area contributed by atoms with E-state index in [-0.39, 0.29) is 18.4 Å². The van der Waals surface area contributed by atoms with Crippen LogP contribution in [0.4, 0.5) is 0 Å². The lowest BCUT2D eigenvalue weighted by atomic mass is 10.1. The molecule has 0 aliphatic rings. The molecule has 4 aromatic rings. The first-order valence-electron chi connectivity index (χ1n) is 9.70. The summed E-state index contributed by atoms with van der Waals surface area (Å²) in [5, 5.41) is 8.27. The van der Waals surface area contributed by atoms with E-state index in [9.17, 15) is 4.79 Å². The summed E-state index contributed by atoms with van der Waals surface area (Å²) < 4.78 is 17.4. The van der Waals surface area contributed by atoms with E-state index >= 15 is 0 Å². The molecular formula is C22H21N5O4. The highest BCUT2D eigenvalue weighted by molar-refractivity contribution is 5.90. The molecule has 0 N–H and O–H groups in total. The fraction of sp³-hybridized carbons (Fsp3) is 0.227. The Morgan fingerprint density at radius 1 is 1.16 bits per heavy atom. The fourth-order valence-electron chi connectivity index (χ4n) is 3.11. The molecule has 0 amide bonds. The second kappa shape index (κ2) is 8.78. The fourth-order valence-corrected chi connectivity index (χ4v) is 3.11. The molecule has 9 nitrogen and oxygen atoms in total. The summed E-state index contributed by atoms with van der Waals surface area (Å²) in [5.74, 6) is 1.47. The maximum Gasteiger partial charge on any atom is 0.342 e. The molecule has 0 spiro atoms. The zero-order valence-electron chi connectivity index (χ0n) is 17.3. The zero-order chi connectivity index (χ0) is 21.8. The SMILES string of the molecule is COc1ccc(-c2noc(COC(=O)c3cnn(-c4ccccn4)c3C(C)C)n2)cc1. The molecule has 0 unspecified atom stereocenters. The number of esters is 1. The van der Waals surface area contributed by atoms with Gasteiger partial charge in [0.2, 0.25) is 5.82 Å². The molecule has 31 heavy (non-hydrogen) atoms. The van der Waals surface area contributed by atoms with E-state index in [1.54, 1.807) is 30.1 Å². The maximum atomic E-state index is 12.7. The molecule has 0 radical (unpaired) electrons. The second-order valence-electron chi connectivity index (χ2n) is 7.01. The number of aromatic nitrogens is 5. The number of carbonyl (C=O) groups excluding carboxylic acids is 1. The zero-order valence-corrected chi connectivity index (χ0v) is 17.3. The lowest BCUT2D eigenvalue weighted by Gasteiger charge is -2.11. The van der Waals surface area contributed by atoms with Crippen LogP contribution in [0, 0.1) is 0 Å². The van der Waals surface area contributed by atoms with Crippen LogP contribution in [0.15, 0.2) is 59.4 Å². The summed E-state index contributed by atoms with van der Waals surface area (Å²) in [5.41, 5.74) is 1.85. The Hall–Kier alpha value is -4.01. The van der Waals surface area contributed by atoms with Gasteiger partial charge in [0.1, 0.15) is 11.3 Å². The lowest BCUT2D eigenvalue weighted by molar-refractivity contribution is 0.0428. The van der Waals surface area contributed by atoms with Gasteiger partial charge >= 0.3 is 5.97 Å². The molecule has 0 aliphatic carbocycles. The van der Waals surface area contributed by atoms with E-state index in [4.69, 9.17) is 14.0 Å². The number of benzene rings is 1. The molecule has 158 valence electrons. The third kappa shape index (κ3) is 4.30. The third-order valence-corrected chi connectivity index (χ3v) is 4.58. The molecule has 9 heteroatoms. The summed E-state index contributed by atoms with van der Waals surface area (Å²) in [4.78, 5) is 21.3. The molecule has 0 saturated heterocycles. The van der Waals surface area contributed by atoms with Gasteiger partial charge in [0, 0.05) is 11.8 Å². The Morgan fingerprint density at radius 3 is 2.65 bits per heavy atom. The van der Waals surface area contributed by atoms with Crippen molar-refractivity contribution in [2.24, 2.45) is 0 Å². The van der Waals surface area contributed by atoms with Crippen LogP contribution in [0.1, 0.15) is 41.7 Å². The lowest BCUT2D eigenvalue weighted by Crippen LogP contribution is -2.11. The first kappa shape index (κ1) is 20.3. The predicted octanol–water partition coefficient (Wildman–Crippen LogP) is 3.81. The van der Waals surface area contributed by atoms with Crippen molar-refractivity contribution in [2.75, 3.05) is 7.11 Å². The summed E-state index contributed by atoms with van der Waals surface area (Å²) in [6, 6.07) is 12.8. The van der Waals surface area contributed by atoms with Crippen molar-refractivity contribution in [3.63, 3.8) is 0 Å². The Labute approximate surface area is 178 Å². The van der Waals surface area contributed by atoms with Gasteiger partial charge in [-0.2, -0.15) is 10.1 Å². The van der Waals surface area contributed by atoms with Crippen molar-refractivity contribution in [1.29, 1.82) is 0 Å². The smallest absolute Gasteiger partial charge is 0.342 e. The quantitative estimate of drug-likeness (QED) is 0.417. The largest absolute Gasteiger partial charge is 0.497 e. The molecule has 4 rings (SSSR count). The number of rotatable bonds is 7. The van der Waals surface area contributed by atoms with Crippen LogP contribution in [-0.2, 0) is 11.3 Å². The Kier molecular flexibility index (Phi) is 5.74. The van der Waals surface area contributed by atoms with E-state index in [1.807, 2.05) is 44.2 Å². The molecule has 3 aromatic heterocycles. The van der Waals surface area contributed by atoms with Crippen LogP contribution in [0.3, 0.4) is 0 Å². The van der Waals surface area contributed by atoms with E-state index in [2.05, 4.69) is 20.2 Å². The van der Waals surface area contributed by atoms with Gasteiger partial charge in [-0.25, -0.2) is 14.5 Å². The summed E-state index contributed by atoms with van der Waals surface area (Å²) in [6.07, 6.45) is 3.16. The van der Waals surface area contributed by atoms with Gasteiger partial charge in [0.15, 0.2) is 12.4 Å². The van der Waals surface area contributed by atoms with Crippen LogP contribution in [0.5, 0.6) is 5.75 Å². The highest BCUT2D eigenvalue weighted by Gasteiger charge is 2.23. The number of pyridine rings is 1. The average molecular weight is 419 g/mol. The van der Waals surface area contributed by atoms with Crippen LogP contribution >= 0.6 is 0 Å². The van der Waals surface area contributed by atoms with Crippen molar-refractivity contribution in [1.82, 2.24) is 24.9 Å². The topological polar surface area (TPSA) is 105 Å². The van der Waals surface area contributed by atoms with Gasteiger partial charge in [-0.3, -0.25) is 0 Å². The Morgan fingerprint density at radius 2 is 1.97 bits per heavy atom. The number of methoxy groups -OCH3 is 1. The van der Waals surface area contributed by atoms with Crippen LogP contribution in [0.25, 0.3) is 17.2 Å². The van der Waals surface area contributed by atoms with Gasteiger partial charge < -0.3 is 14.0 Å². The van der Waals surface area contributed by atoms with Crippen molar-refractivity contribution >= 4 is 5.97 Å². The normalized spacial score (nSPS) is 11.0. The van der Waals surface area contributed by atoms with Crippen molar-refractivity contribution < 1.29 is 18.8 Å². The monoisotopic (exact) mass is 419 g/mol. The summed E-state index contributed by atoms with van der Waals surface area (Å²) in [6.45, 7) is 3.81. The van der Waals surface area contributed by atoms with Crippen molar-refractivity contribution in [2.45, 2.75) is 26.4 Å². The second-order valence-corrected chi connectivity index (χ2v) is 7.01. The minimum absolute atomic E-state index is 0.0251. The van der Waals surface area contributed by atoms with Crippen LogP contribution in [0.2, 0.25) is 0 Å². The van der Waals surface area contributed by atoms with Gasteiger partial charge in [-0.1, -0.05) is 25.1 Å². The number of hydrogen-bond donors (Lipinski definition) is 0. The maximum absolute atomic E-state index is 12.7. The number of hydrogen-bond acceptors (Lipinski definition) is 8.